The van der Waals surface area contributed by atoms with Crippen LogP contribution in [0.3, 0.4) is 0 Å². The number of nitrogens with zero attached hydrogens (tertiary/aromatic N) is 1. The molecule has 0 amide bonds. The van der Waals surface area contributed by atoms with Crippen LogP contribution in [0.5, 0.6) is 0 Å². The second-order valence-electron chi connectivity index (χ2n) is 3.14. The van der Waals surface area contributed by atoms with E-state index in [1.165, 1.54) is 10.9 Å². The van der Waals surface area contributed by atoms with Crippen LogP contribution in [0, 0.1) is 0 Å². The Kier molecular flexibility index (Phi) is 2.56. The van der Waals surface area contributed by atoms with Gasteiger partial charge in [-0.15, -0.1) is 0 Å². The number of hydrogen-bond donors (Lipinski definition) is 0. The minimum absolute atomic E-state index is 0.823. The molecule has 0 saturated carbocycles. The van der Waals surface area contributed by atoms with Crippen molar-refractivity contribution in [1.29, 1.82) is 0 Å². The predicted molar refractivity (Wildman–Crippen MR) is 54.0 cm³/mol. The van der Waals surface area contributed by atoms with Crippen molar-refractivity contribution >= 4 is 15.5 Å². The molecule has 0 fully saturated rings. The van der Waals surface area contributed by atoms with Crippen LogP contribution in [-0.4, -0.2) is 16.2 Å². The Balaban J connectivity index is 2.68. The third kappa shape index (κ3) is 1.44. The molecule has 0 N–H and O–H groups in total. The molecule has 1 aromatic heterocycles. The van der Waals surface area contributed by atoms with Crippen LogP contribution in [0.1, 0.15) is 5.69 Å². The van der Waals surface area contributed by atoms with Crippen LogP contribution < -0.4 is 0 Å². The van der Waals surface area contributed by atoms with Crippen molar-refractivity contribution in [3.8, 4) is 0 Å². The first-order valence-corrected chi connectivity index (χ1v) is 5.00. The Labute approximate surface area is 91.1 Å². The number of methoxy groups -OCH3 is 1. The average molecular weight is 225 g/mol. The number of fused-ring (bicyclic) bond motifs is 1. The van der Waals surface area contributed by atoms with E-state index in [1.54, 1.807) is 7.11 Å². The number of benzene rings is 1. The number of aryl methyl sites for hydroxylation is 1. The molecular weight excluding hydrogens is 214 g/mol. The third-order valence-electron chi connectivity index (χ3n) is 2.35. The van der Waals surface area contributed by atoms with Crippen molar-refractivity contribution < 1.29 is 20.6 Å². The zero-order valence-electron chi connectivity index (χ0n) is 8.15. The Hall–Kier alpha value is -0.878. The van der Waals surface area contributed by atoms with Crippen molar-refractivity contribution in [2.24, 2.45) is 7.05 Å². The van der Waals surface area contributed by atoms with Gasteiger partial charge >= 0.3 is 90.8 Å². The van der Waals surface area contributed by atoms with Gasteiger partial charge in [0, 0.05) is 0 Å². The molecule has 0 aliphatic rings. The maximum atomic E-state index is 5.19. The monoisotopic (exact) mass is 225 g/mol. The summed E-state index contributed by atoms with van der Waals surface area (Å²) in [4.78, 5) is 0. The summed E-state index contributed by atoms with van der Waals surface area (Å²) < 4.78 is 8.13. The molecule has 0 aliphatic carbocycles. The Morgan fingerprint density at radius 2 is 2.07 bits per heavy atom. The van der Waals surface area contributed by atoms with Crippen molar-refractivity contribution in [2.45, 2.75) is 0 Å². The Morgan fingerprint density at radius 3 is 2.71 bits per heavy atom. The van der Waals surface area contributed by atoms with Gasteiger partial charge in [0.05, 0.1) is 0 Å². The zero-order valence-corrected chi connectivity index (χ0v) is 9.43. The van der Waals surface area contributed by atoms with E-state index in [1.807, 2.05) is 19.2 Å². The van der Waals surface area contributed by atoms with Crippen molar-refractivity contribution in [3.05, 3.63) is 36.0 Å². The summed E-state index contributed by atoms with van der Waals surface area (Å²) in [5.41, 5.74) is 2.29. The van der Waals surface area contributed by atoms with Gasteiger partial charge in [0.2, 0.25) is 0 Å². The van der Waals surface area contributed by atoms with Gasteiger partial charge in [-0.25, -0.2) is 0 Å². The number of para-hydroxylation sites is 1. The van der Waals surface area contributed by atoms with Gasteiger partial charge in [-0.2, -0.15) is 0 Å². The predicted octanol–water partition coefficient (Wildman–Crippen LogP) is 1.85. The van der Waals surface area contributed by atoms with Gasteiger partial charge in [-0.3, -0.25) is 0 Å². The molecule has 3 heteroatoms. The van der Waals surface area contributed by atoms with Gasteiger partial charge in [-0.05, 0) is 0 Å². The van der Waals surface area contributed by atoms with Gasteiger partial charge in [0.25, 0.3) is 0 Å². The van der Waals surface area contributed by atoms with E-state index in [2.05, 4.69) is 38.6 Å². The average Bonchev–Trinajstić information content (AvgIpc) is 2.56. The molecule has 2 rings (SSSR count). The fourth-order valence-electron chi connectivity index (χ4n) is 1.59. The van der Waals surface area contributed by atoms with E-state index in [9.17, 15) is 0 Å². The molecule has 0 radical (unpaired) electrons. The molecule has 14 heavy (non-hydrogen) atoms. The quantitative estimate of drug-likeness (QED) is 0.760. The second kappa shape index (κ2) is 3.70. The summed E-state index contributed by atoms with van der Waals surface area (Å²) in [5, 5.41) is 1.23. The number of aromatic nitrogens is 1. The van der Waals surface area contributed by atoms with E-state index in [0.29, 0.717) is 0 Å². The molecule has 1 heterocycles. The van der Waals surface area contributed by atoms with Crippen LogP contribution in [-0.2, 0) is 27.6 Å². The minimum atomic E-state index is 0.823. The fraction of sp³-hybridized carbons (Fsp3) is 0.182. The van der Waals surface area contributed by atoms with Gasteiger partial charge in [0.15, 0.2) is 0 Å². The molecule has 2 aromatic rings. The van der Waals surface area contributed by atoms with E-state index in [4.69, 9.17) is 4.74 Å². The van der Waals surface area contributed by atoms with Crippen LogP contribution in [0.15, 0.2) is 30.3 Å². The molecule has 72 valence electrons. The van der Waals surface area contributed by atoms with E-state index >= 15 is 0 Å². The van der Waals surface area contributed by atoms with Crippen LogP contribution >= 0.6 is 0 Å². The third-order valence-corrected chi connectivity index (χ3v) is 2.93. The summed E-state index contributed by atoms with van der Waals surface area (Å²) in [6.45, 7) is 0. The van der Waals surface area contributed by atoms with Gasteiger partial charge < -0.3 is 0 Å². The Morgan fingerprint density at radius 1 is 1.36 bits per heavy atom. The SMILES string of the molecule is CO[C](=[Cr])c1cc2ccccc2n1C. The fourth-order valence-corrected chi connectivity index (χ4v) is 1.90. The standard InChI is InChI=1S/C11H11NO.Cr/c1-12-10(8-13-2)7-9-5-3-4-6-11(9)12;/h3-7H,1-2H3;. The second-order valence-corrected chi connectivity index (χ2v) is 3.72. The normalized spacial score (nSPS) is 10.7. The molecule has 0 bridgehead atoms. The Bertz CT molecular complexity index is 487. The van der Waals surface area contributed by atoms with E-state index in [-0.39, 0.29) is 0 Å². The van der Waals surface area contributed by atoms with Crippen molar-refractivity contribution in [2.75, 3.05) is 7.11 Å². The first-order valence-electron chi connectivity index (χ1n) is 4.37. The first kappa shape index (κ1) is 9.67. The van der Waals surface area contributed by atoms with Crippen LogP contribution in [0.25, 0.3) is 10.9 Å². The summed E-state index contributed by atoms with van der Waals surface area (Å²) in [6, 6.07) is 10.4. The number of ether oxygens (including phenoxy) is 1. The summed E-state index contributed by atoms with van der Waals surface area (Å²) in [7, 11) is 3.71. The topological polar surface area (TPSA) is 14.2 Å². The van der Waals surface area contributed by atoms with E-state index < -0.39 is 0 Å². The summed E-state index contributed by atoms with van der Waals surface area (Å²) in [5.74, 6) is 0. The summed E-state index contributed by atoms with van der Waals surface area (Å²) in [6.07, 6.45) is 0. The molecular formula is C11H11CrNO. The summed E-state index contributed by atoms with van der Waals surface area (Å²) >= 11 is 2.92. The van der Waals surface area contributed by atoms with Crippen molar-refractivity contribution in [3.63, 3.8) is 0 Å². The van der Waals surface area contributed by atoms with Crippen molar-refractivity contribution in [1.82, 2.24) is 4.57 Å². The van der Waals surface area contributed by atoms with Gasteiger partial charge in [-0.1, -0.05) is 0 Å². The van der Waals surface area contributed by atoms with Crippen LogP contribution in [0.4, 0.5) is 0 Å². The number of rotatable bonds is 2. The molecule has 0 aliphatic heterocycles. The van der Waals surface area contributed by atoms with Gasteiger partial charge in [0.1, 0.15) is 0 Å². The molecule has 0 unspecified atom stereocenters. The zero-order chi connectivity index (χ0) is 10.1. The van der Waals surface area contributed by atoms with Crippen LogP contribution in [0.2, 0.25) is 0 Å². The molecule has 0 saturated heterocycles. The molecule has 0 atom stereocenters. The van der Waals surface area contributed by atoms with E-state index in [0.717, 1.165) is 10.3 Å². The maximum absolute atomic E-state index is 5.19. The molecule has 2 nitrogen and oxygen atoms in total. The molecule has 0 spiro atoms. The first-order chi connectivity index (χ1) is 6.74. The number of hydrogen-bond acceptors (Lipinski definition) is 1. The molecule has 1 aromatic carbocycles.